The maximum Gasteiger partial charge on any atom is 0.338 e. The Labute approximate surface area is 198 Å². The Bertz CT molecular complexity index is 1340. The SMILES string of the molecule is CCOC(=O)c1ccc(S(=O)(=O)N(Cc2cc3cccc(C)c3[nH]c2=O)C[C@H]2CCCO2)cc1. The molecule has 1 aliphatic rings. The van der Waals surface area contributed by atoms with Gasteiger partial charge in [0.05, 0.1) is 28.7 Å². The van der Waals surface area contributed by atoms with E-state index in [9.17, 15) is 18.0 Å². The Hall–Kier alpha value is -3.01. The van der Waals surface area contributed by atoms with Gasteiger partial charge < -0.3 is 14.5 Å². The van der Waals surface area contributed by atoms with Crippen molar-refractivity contribution in [2.24, 2.45) is 0 Å². The highest BCUT2D eigenvalue weighted by atomic mass is 32.2. The number of hydrogen-bond donors (Lipinski definition) is 1. The minimum Gasteiger partial charge on any atom is -0.462 e. The Morgan fingerprint density at radius 1 is 1.21 bits per heavy atom. The molecule has 0 saturated carbocycles. The second-order valence-electron chi connectivity index (χ2n) is 8.34. The van der Waals surface area contributed by atoms with Gasteiger partial charge in [-0.1, -0.05) is 18.2 Å². The molecule has 0 unspecified atom stereocenters. The number of nitrogens with zero attached hydrogens (tertiary/aromatic N) is 1. The summed E-state index contributed by atoms with van der Waals surface area (Å²) in [6.45, 7) is 4.46. The number of aromatic amines is 1. The van der Waals surface area contributed by atoms with Gasteiger partial charge in [-0.2, -0.15) is 4.31 Å². The standard InChI is InChI=1S/C25H28N2O6S/c1-3-32-25(29)18-9-11-22(12-10-18)34(30,31)27(16-21-8-5-13-33-21)15-20-14-19-7-4-6-17(2)23(19)26-24(20)28/h4,6-7,9-12,14,21H,3,5,8,13,15-16H2,1-2H3,(H,26,28)/t21-/m1/s1. The fourth-order valence-corrected chi connectivity index (χ4v) is 5.58. The van der Waals surface area contributed by atoms with Gasteiger partial charge in [0.1, 0.15) is 0 Å². The van der Waals surface area contributed by atoms with Crippen molar-refractivity contribution in [1.82, 2.24) is 9.29 Å². The van der Waals surface area contributed by atoms with Gasteiger partial charge in [0.2, 0.25) is 10.0 Å². The molecule has 0 spiro atoms. The van der Waals surface area contributed by atoms with E-state index in [0.29, 0.717) is 12.2 Å². The van der Waals surface area contributed by atoms with E-state index in [0.717, 1.165) is 29.3 Å². The summed E-state index contributed by atoms with van der Waals surface area (Å²) in [4.78, 5) is 27.7. The first-order chi connectivity index (χ1) is 16.3. The lowest BCUT2D eigenvalue weighted by molar-refractivity contribution is 0.0526. The van der Waals surface area contributed by atoms with Crippen LogP contribution in [0.3, 0.4) is 0 Å². The predicted molar refractivity (Wildman–Crippen MR) is 128 cm³/mol. The van der Waals surface area contributed by atoms with Crippen molar-refractivity contribution >= 4 is 26.9 Å². The number of hydrogen-bond acceptors (Lipinski definition) is 6. The fourth-order valence-electron chi connectivity index (χ4n) is 4.13. The molecule has 0 aliphatic carbocycles. The van der Waals surface area contributed by atoms with Crippen molar-refractivity contribution in [3.63, 3.8) is 0 Å². The number of rotatable bonds is 8. The summed E-state index contributed by atoms with van der Waals surface area (Å²) in [6.07, 6.45) is 1.37. The first-order valence-electron chi connectivity index (χ1n) is 11.3. The van der Waals surface area contributed by atoms with Crippen LogP contribution in [-0.2, 0) is 26.0 Å². The summed E-state index contributed by atoms with van der Waals surface area (Å²) in [5, 5.41) is 0.836. The number of para-hydroxylation sites is 1. The van der Waals surface area contributed by atoms with E-state index in [4.69, 9.17) is 9.47 Å². The first-order valence-corrected chi connectivity index (χ1v) is 12.7. The van der Waals surface area contributed by atoms with E-state index in [1.165, 1.54) is 28.6 Å². The molecule has 34 heavy (non-hydrogen) atoms. The smallest absolute Gasteiger partial charge is 0.338 e. The number of H-pyrrole nitrogens is 1. The van der Waals surface area contributed by atoms with Crippen LogP contribution in [0.25, 0.3) is 10.9 Å². The highest BCUT2D eigenvalue weighted by Gasteiger charge is 2.30. The largest absolute Gasteiger partial charge is 0.462 e. The lowest BCUT2D eigenvalue weighted by Gasteiger charge is -2.25. The molecule has 2 heterocycles. The number of esters is 1. The summed E-state index contributed by atoms with van der Waals surface area (Å²) < 4.78 is 39.2. The lowest BCUT2D eigenvalue weighted by Crippen LogP contribution is -2.38. The van der Waals surface area contributed by atoms with E-state index in [-0.39, 0.29) is 41.8 Å². The van der Waals surface area contributed by atoms with E-state index in [2.05, 4.69) is 4.98 Å². The molecule has 4 rings (SSSR count). The van der Waals surface area contributed by atoms with E-state index in [1.807, 2.05) is 25.1 Å². The number of aromatic nitrogens is 1. The van der Waals surface area contributed by atoms with Gasteiger partial charge in [-0.3, -0.25) is 4.79 Å². The molecule has 0 amide bonds. The van der Waals surface area contributed by atoms with Crippen LogP contribution in [0.5, 0.6) is 0 Å². The van der Waals surface area contributed by atoms with Crippen LogP contribution in [-0.4, -0.2) is 49.5 Å². The molecular weight excluding hydrogens is 456 g/mol. The number of pyridine rings is 1. The first kappa shape index (κ1) is 24.1. The minimum absolute atomic E-state index is 0.0339. The topological polar surface area (TPSA) is 106 Å². The highest BCUT2D eigenvalue weighted by molar-refractivity contribution is 7.89. The molecule has 9 heteroatoms. The molecule has 1 aromatic heterocycles. The second kappa shape index (κ2) is 10.1. The van der Waals surface area contributed by atoms with Crippen molar-refractivity contribution in [1.29, 1.82) is 0 Å². The molecule has 3 aromatic rings. The summed E-state index contributed by atoms with van der Waals surface area (Å²) in [7, 11) is -3.97. The molecule has 8 nitrogen and oxygen atoms in total. The van der Waals surface area contributed by atoms with Crippen LogP contribution in [0.1, 0.15) is 41.3 Å². The average Bonchev–Trinajstić information content (AvgIpc) is 3.33. The molecule has 1 aliphatic heterocycles. The Kier molecular flexibility index (Phi) is 7.16. The number of nitrogens with one attached hydrogen (secondary N) is 1. The molecule has 2 aromatic carbocycles. The molecule has 1 saturated heterocycles. The predicted octanol–water partition coefficient (Wildman–Crippen LogP) is 3.38. The Balaban J connectivity index is 1.68. The molecule has 180 valence electrons. The monoisotopic (exact) mass is 484 g/mol. The zero-order valence-electron chi connectivity index (χ0n) is 19.2. The summed E-state index contributed by atoms with van der Waals surface area (Å²) in [6, 6.07) is 13.1. The average molecular weight is 485 g/mol. The number of carbonyl (C=O) groups is 1. The number of benzene rings is 2. The zero-order valence-corrected chi connectivity index (χ0v) is 20.1. The maximum atomic E-state index is 13.6. The van der Waals surface area contributed by atoms with Gasteiger partial charge >= 0.3 is 5.97 Å². The van der Waals surface area contributed by atoms with Crippen LogP contribution in [0.4, 0.5) is 0 Å². The fraction of sp³-hybridized carbons (Fsp3) is 0.360. The van der Waals surface area contributed by atoms with Crippen LogP contribution >= 0.6 is 0 Å². The van der Waals surface area contributed by atoms with Gasteiger partial charge in [0, 0.05) is 25.3 Å². The third kappa shape index (κ3) is 5.06. The van der Waals surface area contributed by atoms with Crippen molar-refractivity contribution in [3.8, 4) is 0 Å². The van der Waals surface area contributed by atoms with Crippen LogP contribution in [0.15, 0.2) is 58.2 Å². The molecular formula is C25H28N2O6S. The maximum absolute atomic E-state index is 13.6. The number of carbonyl (C=O) groups excluding carboxylic acids is 1. The molecule has 0 bridgehead atoms. The third-order valence-electron chi connectivity index (χ3n) is 5.95. The van der Waals surface area contributed by atoms with Crippen molar-refractivity contribution < 1.29 is 22.7 Å². The van der Waals surface area contributed by atoms with Crippen LogP contribution in [0, 0.1) is 6.92 Å². The quantitative estimate of drug-likeness (QED) is 0.492. The normalized spacial score (nSPS) is 16.3. The summed E-state index contributed by atoms with van der Waals surface area (Å²) in [5.41, 5.74) is 1.97. The van der Waals surface area contributed by atoms with E-state index in [1.54, 1.807) is 13.0 Å². The Morgan fingerprint density at radius 3 is 2.65 bits per heavy atom. The third-order valence-corrected chi connectivity index (χ3v) is 7.77. The second-order valence-corrected chi connectivity index (χ2v) is 10.3. The number of sulfonamides is 1. The van der Waals surface area contributed by atoms with Gasteiger partial charge in [-0.25, -0.2) is 13.2 Å². The summed E-state index contributed by atoms with van der Waals surface area (Å²) in [5.74, 6) is -0.513. The van der Waals surface area contributed by atoms with Crippen molar-refractivity contribution in [2.45, 2.75) is 44.2 Å². The van der Waals surface area contributed by atoms with Crippen LogP contribution < -0.4 is 5.56 Å². The van der Waals surface area contributed by atoms with Gasteiger partial charge in [0.15, 0.2) is 0 Å². The highest BCUT2D eigenvalue weighted by Crippen LogP contribution is 2.23. The van der Waals surface area contributed by atoms with Gasteiger partial charge in [-0.15, -0.1) is 0 Å². The van der Waals surface area contributed by atoms with Crippen molar-refractivity contribution in [2.75, 3.05) is 19.8 Å². The van der Waals surface area contributed by atoms with Crippen molar-refractivity contribution in [3.05, 3.63) is 75.6 Å². The molecule has 1 fully saturated rings. The number of aryl methyl sites for hydroxylation is 1. The molecule has 1 N–H and O–H groups in total. The number of fused-ring (bicyclic) bond motifs is 1. The molecule has 1 atom stereocenters. The lowest BCUT2D eigenvalue weighted by atomic mass is 10.1. The van der Waals surface area contributed by atoms with Gasteiger partial charge in [0.25, 0.3) is 5.56 Å². The minimum atomic E-state index is -3.97. The van der Waals surface area contributed by atoms with E-state index < -0.39 is 16.0 Å². The van der Waals surface area contributed by atoms with Crippen LogP contribution in [0.2, 0.25) is 0 Å². The van der Waals surface area contributed by atoms with Gasteiger partial charge in [-0.05, 0) is 68.0 Å². The van der Waals surface area contributed by atoms with E-state index >= 15 is 0 Å². The molecule has 0 radical (unpaired) electrons. The Morgan fingerprint density at radius 2 is 1.97 bits per heavy atom. The zero-order chi connectivity index (χ0) is 24.3. The number of ether oxygens (including phenoxy) is 2. The summed E-state index contributed by atoms with van der Waals surface area (Å²) >= 11 is 0.